The van der Waals surface area contributed by atoms with Crippen LogP contribution >= 0.6 is 34.2 Å². The van der Waals surface area contributed by atoms with Crippen LogP contribution in [-0.4, -0.2) is 18.7 Å². The van der Waals surface area contributed by atoms with Crippen LogP contribution in [0.15, 0.2) is 45.9 Å². The van der Waals surface area contributed by atoms with Crippen molar-refractivity contribution in [3.63, 3.8) is 0 Å². The summed E-state index contributed by atoms with van der Waals surface area (Å²) in [5.74, 6) is 0.764. The molecule has 1 aromatic heterocycles. The highest BCUT2D eigenvalue weighted by molar-refractivity contribution is 14.1. The van der Waals surface area contributed by atoms with Crippen molar-refractivity contribution in [3.8, 4) is 5.75 Å². The highest BCUT2D eigenvalue weighted by Gasteiger charge is 2.01. The largest absolute Gasteiger partial charge is 0.484 e. The average Bonchev–Trinajstić information content (AvgIpc) is 2.84. The van der Waals surface area contributed by atoms with Gasteiger partial charge in [0.2, 0.25) is 0 Å². The van der Waals surface area contributed by atoms with Crippen molar-refractivity contribution in [1.29, 1.82) is 0 Å². The maximum absolute atomic E-state index is 11.5. The molecule has 2 rings (SSSR count). The molecule has 0 fully saturated rings. The van der Waals surface area contributed by atoms with Crippen molar-refractivity contribution in [2.75, 3.05) is 6.61 Å². The summed E-state index contributed by atoms with van der Waals surface area (Å²) in [5, 5.41) is 4.37. The molecule has 0 radical (unpaired) electrons. The van der Waals surface area contributed by atoms with E-state index in [-0.39, 0.29) is 12.5 Å². The molecule has 7 heteroatoms. The smallest absolute Gasteiger partial charge is 0.277 e. The van der Waals surface area contributed by atoms with Gasteiger partial charge in [0.1, 0.15) is 11.5 Å². The Bertz CT molecular complexity index is 610. The van der Waals surface area contributed by atoms with E-state index in [0.717, 1.165) is 3.77 Å². The van der Waals surface area contributed by atoms with Gasteiger partial charge in [-0.05, 0) is 59.0 Å². The minimum atomic E-state index is -0.363. The van der Waals surface area contributed by atoms with Gasteiger partial charge in [-0.3, -0.25) is 4.79 Å². The third kappa shape index (κ3) is 4.86. The maximum Gasteiger partial charge on any atom is 0.277 e. The number of nitrogens with one attached hydrogen (secondary N) is 1. The van der Waals surface area contributed by atoms with Crippen molar-refractivity contribution in [3.05, 3.63) is 50.9 Å². The molecule has 0 saturated carbocycles. The Hall–Kier alpha value is -1.54. The summed E-state index contributed by atoms with van der Waals surface area (Å²) < 4.78 is 11.3. The molecule has 0 spiro atoms. The third-order valence-corrected chi connectivity index (χ3v) is 2.99. The molecule has 20 heavy (non-hydrogen) atoms. The lowest BCUT2D eigenvalue weighted by Crippen LogP contribution is -2.24. The Balaban J connectivity index is 1.75. The number of nitrogens with zero attached hydrogens (tertiary/aromatic N) is 1. The van der Waals surface area contributed by atoms with E-state index in [0.29, 0.717) is 16.5 Å². The molecule has 0 bridgehead atoms. The molecule has 1 N–H and O–H groups in total. The number of carbonyl (C=O) groups is 1. The van der Waals surface area contributed by atoms with E-state index >= 15 is 0 Å². The first-order valence-corrected chi connectivity index (χ1v) is 7.05. The highest BCUT2D eigenvalue weighted by Crippen LogP contribution is 2.15. The van der Waals surface area contributed by atoms with Crippen molar-refractivity contribution < 1.29 is 13.9 Å². The monoisotopic (exact) mass is 404 g/mol. The van der Waals surface area contributed by atoms with Gasteiger partial charge in [-0.25, -0.2) is 5.43 Å². The average molecular weight is 405 g/mol. The number of furan rings is 1. The summed E-state index contributed by atoms with van der Waals surface area (Å²) in [4.78, 5) is 11.5. The maximum atomic E-state index is 11.5. The van der Waals surface area contributed by atoms with E-state index in [9.17, 15) is 4.79 Å². The molecule has 1 aromatic carbocycles. The summed E-state index contributed by atoms with van der Waals surface area (Å²) in [6, 6.07) is 10.3. The molecular formula is C13H10ClIN2O3. The Morgan fingerprint density at radius 2 is 2.10 bits per heavy atom. The summed E-state index contributed by atoms with van der Waals surface area (Å²) in [7, 11) is 0. The first-order chi connectivity index (χ1) is 9.63. The standard InChI is InChI=1S/C13H10ClIN2O3/c14-9-1-3-10(4-2-9)19-8-13(18)17-16-7-11-5-6-12(15)20-11/h1-7H,8H2,(H,17,18)/b16-7-. The SMILES string of the molecule is O=C(COc1ccc(Cl)cc1)N/N=C\c1ccc(I)o1. The molecule has 0 unspecified atom stereocenters. The van der Waals surface area contributed by atoms with E-state index < -0.39 is 0 Å². The second kappa shape index (κ2) is 7.30. The fourth-order valence-electron chi connectivity index (χ4n) is 1.28. The molecule has 104 valence electrons. The number of halogens is 2. The fraction of sp³-hybridized carbons (Fsp3) is 0.0769. The molecule has 0 atom stereocenters. The van der Waals surface area contributed by atoms with E-state index in [4.69, 9.17) is 20.8 Å². The van der Waals surface area contributed by atoms with Crippen LogP contribution in [0.4, 0.5) is 0 Å². The van der Waals surface area contributed by atoms with Gasteiger partial charge in [-0.1, -0.05) is 11.6 Å². The van der Waals surface area contributed by atoms with Crippen LogP contribution in [0.25, 0.3) is 0 Å². The number of benzene rings is 1. The zero-order valence-electron chi connectivity index (χ0n) is 10.2. The predicted molar refractivity (Wildman–Crippen MR) is 84.1 cm³/mol. The van der Waals surface area contributed by atoms with Crippen LogP contribution in [0.3, 0.4) is 0 Å². The van der Waals surface area contributed by atoms with Crippen molar-refractivity contribution in [2.45, 2.75) is 0 Å². The van der Waals surface area contributed by atoms with Crippen molar-refractivity contribution in [2.24, 2.45) is 5.10 Å². The molecule has 0 aliphatic carbocycles. The molecule has 2 aromatic rings. The van der Waals surface area contributed by atoms with Gasteiger partial charge in [-0.15, -0.1) is 0 Å². The van der Waals surface area contributed by atoms with Gasteiger partial charge in [0.15, 0.2) is 10.4 Å². The number of hydrogen-bond donors (Lipinski definition) is 1. The van der Waals surface area contributed by atoms with Gasteiger partial charge in [0.25, 0.3) is 5.91 Å². The Morgan fingerprint density at radius 1 is 1.35 bits per heavy atom. The first kappa shape index (κ1) is 14.9. The van der Waals surface area contributed by atoms with Crippen molar-refractivity contribution >= 4 is 46.3 Å². The van der Waals surface area contributed by atoms with Crippen LogP contribution in [0, 0.1) is 3.77 Å². The van der Waals surface area contributed by atoms with E-state index in [1.165, 1.54) is 6.21 Å². The van der Waals surface area contributed by atoms with Crippen LogP contribution in [0.5, 0.6) is 5.75 Å². The van der Waals surface area contributed by atoms with Crippen LogP contribution in [-0.2, 0) is 4.79 Å². The third-order valence-electron chi connectivity index (χ3n) is 2.16. The second-order valence-electron chi connectivity index (χ2n) is 3.68. The van der Waals surface area contributed by atoms with E-state index in [1.54, 1.807) is 36.4 Å². The summed E-state index contributed by atoms with van der Waals surface area (Å²) in [5.41, 5.74) is 2.34. The fourth-order valence-corrected chi connectivity index (χ4v) is 1.84. The molecule has 5 nitrogen and oxygen atoms in total. The van der Waals surface area contributed by atoms with Crippen LogP contribution in [0.2, 0.25) is 5.02 Å². The van der Waals surface area contributed by atoms with Crippen molar-refractivity contribution in [1.82, 2.24) is 5.43 Å². The normalized spacial score (nSPS) is 10.7. The molecular weight excluding hydrogens is 395 g/mol. The summed E-state index contributed by atoms with van der Waals surface area (Å²) in [6.45, 7) is -0.130. The Morgan fingerprint density at radius 3 is 2.75 bits per heavy atom. The lowest BCUT2D eigenvalue weighted by atomic mass is 10.3. The highest BCUT2D eigenvalue weighted by atomic mass is 127. The van der Waals surface area contributed by atoms with Crippen LogP contribution < -0.4 is 10.2 Å². The van der Waals surface area contributed by atoms with Gasteiger partial charge >= 0.3 is 0 Å². The van der Waals surface area contributed by atoms with Gasteiger partial charge < -0.3 is 9.15 Å². The first-order valence-electron chi connectivity index (χ1n) is 5.59. The lowest BCUT2D eigenvalue weighted by molar-refractivity contribution is -0.123. The number of amides is 1. The van der Waals surface area contributed by atoms with E-state index in [2.05, 4.69) is 10.5 Å². The predicted octanol–water partition coefficient (Wildman–Crippen LogP) is 3.07. The molecule has 0 aliphatic rings. The minimum absolute atomic E-state index is 0.130. The Labute approximate surface area is 134 Å². The number of hydrazone groups is 1. The lowest BCUT2D eigenvalue weighted by Gasteiger charge is -2.04. The zero-order chi connectivity index (χ0) is 14.4. The number of hydrogen-bond acceptors (Lipinski definition) is 4. The molecule has 1 amide bonds. The molecule has 0 saturated heterocycles. The summed E-state index contributed by atoms with van der Waals surface area (Å²) >= 11 is 7.78. The Kier molecular flexibility index (Phi) is 5.42. The van der Waals surface area contributed by atoms with Gasteiger partial charge in [0.05, 0.1) is 6.21 Å². The number of carbonyl (C=O) groups excluding carboxylic acids is 1. The van der Waals surface area contributed by atoms with Gasteiger partial charge in [0, 0.05) is 5.02 Å². The number of rotatable bonds is 5. The zero-order valence-corrected chi connectivity index (χ0v) is 13.1. The van der Waals surface area contributed by atoms with Gasteiger partial charge in [-0.2, -0.15) is 5.10 Å². The van der Waals surface area contributed by atoms with Crippen LogP contribution in [0.1, 0.15) is 5.76 Å². The number of ether oxygens (including phenoxy) is 1. The summed E-state index contributed by atoms with van der Waals surface area (Å²) in [6.07, 6.45) is 1.42. The molecule has 1 heterocycles. The quantitative estimate of drug-likeness (QED) is 0.473. The van der Waals surface area contributed by atoms with E-state index in [1.807, 2.05) is 22.6 Å². The second-order valence-corrected chi connectivity index (χ2v) is 5.18. The molecule has 0 aliphatic heterocycles. The minimum Gasteiger partial charge on any atom is -0.484 e. The topological polar surface area (TPSA) is 63.8 Å².